The van der Waals surface area contributed by atoms with Gasteiger partial charge in [0, 0.05) is 19.3 Å². The summed E-state index contributed by atoms with van der Waals surface area (Å²) in [6.45, 7) is 2.75. The molecule has 7 nitrogen and oxygen atoms in total. The van der Waals surface area contributed by atoms with Gasteiger partial charge in [0.05, 0.1) is 18.8 Å². The van der Waals surface area contributed by atoms with Crippen LogP contribution in [0.2, 0.25) is 0 Å². The van der Waals surface area contributed by atoms with Crippen molar-refractivity contribution in [2.75, 3.05) is 38.5 Å². The number of piperidine rings is 1. The van der Waals surface area contributed by atoms with Gasteiger partial charge >= 0.3 is 0 Å². The van der Waals surface area contributed by atoms with Crippen molar-refractivity contribution in [1.29, 1.82) is 0 Å². The highest BCUT2D eigenvalue weighted by molar-refractivity contribution is 14.0. The number of hydrogen-bond donors (Lipinski definition) is 3. The Bertz CT molecular complexity index is 792. The van der Waals surface area contributed by atoms with E-state index in [0.29, 0.717) is 18.2 Å². The molecule has 30 heavy (non-hydrogen) atoms. The van der Waals surface area contributed by atoms with Crippen molar-refractivity contribution in [3.8, 4) is 0 Å². The third-order valence-electron chi connectivity index (χ3n) is 4.93. The molecule has 0 aliphatic carbocycles. The fourth-order valence-corrected chi connectivity index (χ4v) is 3.44. The summed E-state index contributed by atoms with van der Waals surface area (Å²) in [4.78, 5) is 18.7. The number of guanidine groups is 1. The fraction of sp³-hybridized carbons (Fsp3) is 0.429. The molecular weight excluding hydrogens is 500 g/mol. The van der Waals surface area contributed by atoms with Crippen LogP contribution < -0.4 is 16.0 Å². The fourth-order valence-electron chi connectivity index (χ4n) is 3.44. The van der Waals surface area contributed by atoms with Crippen LogP contribution in [-0.2, 0) is 4.79 Å². The minimum absolute atomic E-state index is 0. The molecule has 1 fully saturated rings. The van der Waals surface area contributed by atoms with Crippen LogP contribution in [0.5, 0.6) is 0 Å². The number of carbonyl (C=O) groups excluding carboxylic acids is 1. The molecular formula is C21H29FIN5O2. The zero-order valence-corrected chi connectivity index (χ0v) is 19.4. The van der Waals surface area contributed by atoms with Gasteiger partial charge in [-0.15, -0.1) is 24.0 Å². The maximum atomic E-state index is 13.0. The number of benzene rings is 1. The molecule has 0 saturated carbocycles. The number of rotatable bonds is 7. The number of likely N-dealkylation sites (tertiary alicyclic amines) is 1. The van der Waals surface area contributed by atoms with Gasteiger partial charge < -0.3 is 20.4 Å². The van der Waals surface area contributed by atoms with E-state index in [2.05, 4.69) is 25.8 Å². The molecule has 1 amide bonds. The predicted octanol–water partition coefficient (Wildman–Crippen LogP) is 3.37. The first-order chi connectivity index (χ1) is 14.2. The quantitative estimate of drug-likeness (QED) is 0.291. The maximum absolute atomic E-state index is 13.0. The van der Waals surface area contributed by atoms with Crippen molar-refractivity contribution >= 4 is 41.5 Å². The number of hydrogen-bond acceptors (Lipinski definition) is 4. The first-order valence-corrected chi connectivity index (χ1v) is 9.93. The average molecular weight is 529 g/mol. The zero-order chi connectivity index (χ0) is 20.5. The zero-order valence-electron chi connectivity index (χ0n) is 17.1. The number of halogens is 2. The lowest BCUT2D eigenvalue weighted by Crippen LogP contribution is -2.46. The van der Waals surface area contributed by atoms with Gasteiger partial charge in [0.15, 0.2) is 5.96 Å². The van der Waals surface area contributed by atoms with E-state index in [1.807, 2.05) is 12.1 Å². The summed E-state index contributed by atoms with van der Waals surface area (Å²) >= 11 is 0. The molecule has 0 bridgehead atoms. The van der Waals surface area contributed by atoms with Crippen LogP contribution in [0.25, 0.3) is 0 Å². The number of nitrogens with zero attached hydrogens (tertiary/aromatic N) is 2. The highest BCUT2D eigenvalue weighted by Crippen LogP contribution is 2.24. The average Bonchev–Trinajstić information content (AvgIpc) is 3.27. The lowest BCUT2D eigenvalue weighted by molar-refractivity contribution is -0.115. The van der Waals surface area contributed by atoms with E-state index in [1.165, 1.54) is 43.5 Å². The monoisotopic (exact) mass is 529 g/mol. The molecule has 2 aromatic rings. The van der Waals surface area contributed by atoms with Crippen molar-refractivity contribution in [3.63, 3.8) is 0 Å². The van der Waals surface area contributed by atoms with Gasteiger partial charge in [0.2, 0.25) is 5.91 Å². The standard InChI is InChI=1S/C21H28FN5O2.HI/c1-23-21(25-15-20(28)26-17-9-7-16(22)8-10-17)24-14-18(19-6-5-13-29-19)27-11-3-2-4-12-27;/h5-10,13,18H,2-4,11-12,14-15H2,1H3,(H,26,28)(H2,23,24,25);1H. The molecule has 1 saturated heterocycles. The van der Waals surface area contributed by atoms with E-state index in [9.17, 15) is 9.18 Å². The van der Waals surface area contributed by atoms with Crippen LogP contribution in [0.15, 0.2) is 52.1 Å². The van der Waals surface area contributed by atoms with Crippen LogP contribution in [0.3, 0.4) is 0 Å². The summed E-state index contributed by atoms with van der Waals surface area (Å²) < 4.78 is 18.6. The number of amides is 1. The van der Waals surface area contributed by atoms with E-state index >= 15 is 0 Å². The first-order valence-electron chi connectivity index (χ1n) is 9.93. The second-order valence-electron chi connectivity index (χ2n) is 6.99. The molecule has 9 heteroatoms. The lowest BCUT2D eigenvalue weighted by Gasteiger charge is -2.33. The largest absolute Gasteiger partial charge is 0.468 e. The second kappa shape index (κ2) is 12.5. The van der Waals surface area contributed by atoms with Gasteiger partial charge in [-0.3, -0.25) is 14.7 Å². The number of furan rings is 1. The SMILES string of the molecule is CN=C(NCC(=O)Nc1ccc(F)cc1)NCC(c1ccco1)N1CCCCC1.I. The molecule has 164 valence electrons. The van der Waals surface area contributed by atoms with Gasteiger partial charge in [-0.25, -0.2) is 4.39 Å². The molecule has 1 aliphatic rings. The summed E-state index contributed by atoms with van der Waals surface area (Å²) in [5.74, 6) is 0.875. The molecule has 1 aromatic heterocycles. The summed E-state index contributed by atoms with van der Waals surface area (Å²) in [7, 11) is 1.66. The molecule has 3 N–H and O–H groups in total. The third kappa shape index (κ3) is 7.28. The van der Waals surface area contributed by atoms with E-state index in [0.717, 1.165) is 18.8 Å². The Hall–Kier alpha value is -2.14. The number of nitrogens with one attached hydrogen (secondary N) is 3. The Morgan fingerprint density at radius 1 is 1.17 bits per heavy atom. The highest BCUT2D eigenvalue weighted by Gasteiger charge is 2.24. The van der Waals surface area contributed by atoms with Gasteiger partial charge in [-0.05, 0) is 62.3 Å². The van der Waals surface area contributed by atoms with Gasteiger partial charge in [-0.2, -0.15) is 0 Å². The van der Waals surface area contributed by atoms with E-state index in [4.69, 9.17) is 4.42 Å². The van der Waals surface area contributed by atoms with Crippen LogP contribution in [0.1, 0.15) is 31.1 Å². The first kappa shape index (κ1) is 24.1. The van der Waals surface area contributed by atoms with Crippen molar-refractivity contribution in [2.45, 2.75) is 25.3 Å². The molecule has 3 rings (SSSR count). The van der Waals surface area contributed by atoms with Crippen LogP contribution in [0, 0.1) is 5.82 Å². The Morgan fingerprint density at radius 2 is 1.90 bits per heavy atom. The molecule has 1 aliphatic heterocycles. The molecule has 0 spiro atoms. The van der Waals surface area contributed by atoms with Crippen molar-refractivity contribution in [3.05, 3.63) is 54.2 Å². The smallest absolute Gasteiger partial charge is 0.243 e. The Kier molecular flexibility index (Phi) is 10.1. The Morgan fingerprint density at radius 3 is 2.53 bits per heavy atom. The third-order valence-corrected chi connectivity index (χ3v) is 4.93. The van der Waals surface area contributed by atoms with Gasteiger partial charge in [0.1, 0.15) is 11.6 Å². The maximum Gasteiger partial charge on any atom is 0.243 e. The molecule has 2 heterocycles. The summed E-state index contributed by atoms with van der Waals surface area (Å²) in [5, 5.41) is 9.01. The normalized spacial score (nSPS) is 15.7. The van der Waals surface area contributed by atoms with Gasteiger partial charge in [0.25, 0.3) is 0 Å². The van der Waals surface area contributed by atoms with E-state index < -0.39 is 0 Å². The minimum atomic E-state index is -0.342. The van der Waals surface area contributed by atoms with Crippen molar-refractivity contribution < 1.29 is 13.6 Å². The Labute approximate surface area is 193 Å². The lowest BCUT2D eigenvalue weighted by atomic mass is 10.1. The highest BCUT2D eigenvalue weighted by atomic mass is 127. The number of aliphatic imine (C=N–C) groups is 1. The predicted molar refractivity (Wildman–Crippen MR) is 127 cm³/mol. The number of carbonyl (C=O) groups is 1. The summed E-state index contributed by atoms with van der Waals surface area (Å²) in [5.41, 5.74) is 0.545. The Balaban J connectivity index is 0.00000320. The van der Waals surface area contributed by atoms with Crippen LogP contribution in [0.4, 0.5) is 10.1 Å². The van der Waals surface area contributed by atoms with Crippen LogP contribution in [-0.4, -0.2) is 50.0 Å². The molecule has 1 atom stereocenters. The van der Waals surface area contributed by atoms with Crippen molar-refractivity contribution in [2.24, 2.45) is 4.99 Å². The topological polar surface area (TPSA) is 81.9 Å². The molecule has 0 radical (unpaired) electrons. The van der Waals surface area contributed by atoms with Crippen LogP contribution >= 0.6 is 24.0 Å². The number of anilines is 1. The second-order valence-corrected chi connectivity index (χ2v) is 6.99. The molecule has 1 aromatic carbocycles. The van der Waals surface area contributed by atoms with Crippen molar-refractivity contribution in [1.82, 2.24) is 15.5 Å². The summed E-state index contributed by atoms with van der Waals surface area (Å²) in [6.07, 6.45) is 5.34. The van der Waals surface area contributed by atoms with E-state index in [1.54, 1.807) is 13.3 Å². The van der Waals surface area contributed by atoms with E-state index in [-0.39, 0.29) is 48.3 Å². The van der Waals surface area contributed by atoms with Gasteiger partial charge in [-0.1, -0.05) is 6.42 Å². The molecule has 1 unspecified atom stereocenters. The minimum Gasteiger partial charge on any atom is -0.468 e. The summed E-state index contributed by atoms with van der Waals surface area (Å²) in [6, 6.07) is 9.65.